The maximum Gasteiger partial charge on any atom is 0.329 e. The fraction of sp³-hybridized carbons (Fsp3) is 0.583. The summed E-state index contributed by atoms with van der Waals surface area (Å²) in [4.78, 5) is 30.3. The molecule has 3 N–H and O–H groups in total. The molecule has 0 aliphatic heterocycles. The van der Waals surface area contributed by atoms with Crippen LogP contribution in [0.2, 0.25) is 0 Å². The third kappa shape index (κ3) is 2.34. The number of imidazole rings is 1. The molecule has 0 aliphatic carbocycles. The fourth-order valence-electron chi connectivity index (χ4n) is 2.11. The van der Waals surface area contributed by atoms with Crippen molar-refractivity contribution in [2.24, 2.45) is 7.05 Å². The molecule has 110 valence electrons. The standard InChI is InChI=1S/C12H19N5O3/c1-7(2)17-8-9(14-11(17)13-5-4-6-18)16(3)12(20)15-10(8)19/h7,18H,4-6H2,1-3H3,(H,13,14)(H,15,19,20). The highest BCUT2D eigenvalue weighted by Crippen LogP contribution is 2.20. The third-order valence-corrected chi connectivity index (χ3v) is 3.08. The molecule has 0 atom stereocenters. The fourth-order valence-corrected chi connectivity index (χ4v) is 2.11. The molecule has 0 aromatic carbocycles. The van der Waals surface area contributed by atoms with Crippen molar-refractivity contribution < 1.29 is 5.11 Å². The van der Waals surface area contributed by atoms with E-state index in [1.54, 1.807) is 11.6 Å². The van der Waals surface area contributed by atoms with Crippen LogP contribution in [0.4, 0.5) is 5.95 Å². The summed E-state index contributed by atoms with van der Waals surface area (Å²) in [5.74, 6) is 0.523. The minimum absolute atomic E-state index is 0.00947. The summed E-state index contributed by atoms with van der Waals surface area (Å²) < 4.78 is 3.07. The highest BCUT2D eigenvalue weighted by molar-refractivity contribution is 5.74. The average Bonchev–Trinajstić information content (AvgIpc) is 2.76. The number of aryl methyl sites for hydroxylation is 1. The number of aromatic amines is 1. The van der Waals surface area contributed by atoms with Crippen molar-refractivity contribution in [1.29, 1.82) is 0 Å². The Kier molecular flexibility index (Phi) is 3.93. The van der Waals surface area contributed by atoms with Crippen molar-refractivity contribution in [3.8, 4) is 0 Å². The normalized spacial score (nSPS) is 11.4. The smallest absolute Gasteiger partial charge is 0.329 e. The van der Waals surface area contributed by atoms with E-state index < -0.39 is 11.2 Å². The summed E-state index contributed by atoms with van der Waals surface area (Å²) in [5.41, 5.74) is -0.218. The highest BCUT2D eigenvalue weighted by Gasteiger charge is 2.18. The molecule has 2 rings (SSSR count). The van der Waals surface area contributed by atoms with Gasteiger partial charge in [-0.3, -0.25) is 14.3 Å². The summed E-state index contributed by atoms with van der Waals surface area (Å²) in [6.07, 6.45) is 0.580. The molecule has 0 fully saturated rings. The summed E-state index contributed by atoms with van der Waals surface area (Å²) in [5, 5.41) is 11.9. The van der Waals surface area contributed by atoms with E-state index in [9.17, 15) is 9.59 Å². The van der Waals surface area contributed by atoms with Crippen LogP contribution in [0, 0.1) is 0 Å². The van der Waals surface area contributed by atoms with E-state index in [4.69, 9.17) is 5.11 Å². The lowest BCUT2D eigenvalue weighted by molar-refractivity contribution is 0.292. The van der Waals surface area contributed by atoms with E-state index in [0.29, 0.717) is 30.1 Å². The highest BCUT2D eigenvalue weighted by atomic mass is 16.3. The van der Waals surface area contributed by atoms with Gasteiger partial charge >= 0.3 is 5.69 Å². The van der Waals surface area contributed by atoms with Crippen molar-refractivity contribution in [2.45, 2.75) is 26.3 Å². The first-order valence-corrected chi connectivity index (χ1v) is 6.53. The average molecular weight is 281 g/mol. The number of nitrogens with zero attached hydrogens (tertiary/aromatic N) is 3. The number of rotatable bonds is 5. The Bertz CT molecular complexity index is 725. The van der Waals surface area contributed by atoms with Gasteiger partial charge in [-0.05, 0) is 20.3 Å². The molecule has 0 unspecified atom stereocenters. The zero-order valence-corrected chi connectivity index (χ0v) is 11.8. The Morgan fingerprint density at radius 2 is 2.10 bits per heavy atom. The van der Waals surface area contributed by atoms with Crippen LogP contribution >= 0.6 is 0 Å². The van der Waals surface area contributed by atoms with Gasteiger partial charge in [-0.15, -0.1) is 0 Å². The van der Waals surface area contributed by atoms with Crippen LogP contribution < -0.4 is 16.6 Å². The molecule has 0 aliphatic rings. The molecule has 0 radical (unpaired) electrons. The Labute approximate surface area is 115 Å². The van der Waals surface area contributed by atoms with Gasteiger partial charge in [-0.25, -0.2) is 4.79 Å². The lowest BCUT2D eigenvalue weighted by Gasteiger charge is -2.13. The quantitative estimate of drug-likeness (QED) is 0.658. The van der Waals surface area contributed by atoms with Gasteiger partial charge in [-0.1, -0.05) is 0 Å². The molecule has 2 heterocycles. The molecular weight excluding hydrogens is 262 g/mol. The maximum atomic E-state index is 12.0. The second-order valence-corrected chi connectivity index (χ2v) is 4.89. The third-order valence-electron chi connectivity index (χ3n) is 3.08. The number of nitrogens with one attached hydrogen (secondary N) is 2. The van der Waals surface area contributed by atoms with E-state index in [1.165, 1.54) is 4.57 Å². The number of aliphatic hydroxyl groups is 1. The molecule has 0 bridgehead atoms. The molecular formula is C12H19N5O3. The van der Waals surface area contributed by atoms with Crippen LogP contribution in [0.25, 0.3) is 11.2 Å². The minimum Gasteiger partial charge on any atom is -0.396 e. The Hall–Kier alpha value is -2.09. The zero-order chi connectivity index (χ0) is 14.9. The van der Waals surface area contributed by atoms with Gasteiger partial charge in [0.15, 0.2) is 11.2 Å². The van der Waals surface area contributed by atoms with Gasteiger partial charge in [0.05, 0.1) is 0 Å². The van der Waals surface area contributed by atoms with Gasteiger partial charge < -0.3 is 15.0 Å². The number of fused-ring (bicyclic) bond motifs is 1. The topological polar surface area (TPSA) is 105 Å². The summed E-state index contributed by atoms with van der Waals surface area (Å²) in [6, 6.07) is 0.00947. The predicted molar refractivity (Wildman–Crippen MR) is 76.2 cm³/mol. The first-order chi connectivity index (χ1) is 9.47. The van der Waals surface area contributed by atoms with Crippen LogP contribution in [0.1, 0.15) is 26.3 Å². The number of aromatic nitrogens is 4. The lowest BCUT2D eigenvalue weighted by atomic mass is 10.3. The second kappa shape index (κ2) is 5.49. The monoisotopic (exact) mass is 281 g/mol. The minimum atomic E-state index is -0.488. The van der Waals surface area contributed by atoms with Crippen LogP contribution in [0.15, 0.2) is 9.59 Å². The van der Waals surface area contributed by atoms with Crippen molar-refractivity contribution in [2.75, 3.05) is 18.5 Å². The van der Waals surface area contributed by atoms with Gasteiger partial charge in [0.25, 0.3) is 5.56 Å². The van der Waals surface area contributed by atoms with Gasteiger partial charge in [0.2, 0.25) is 5.95 Å². The van der Waals surface area contributed by atoms with E-state index in [0.717, 1.165) is 0 Å². The maximum absolute atomic E-state index is 12.0. The molecule has 2 aromatic rings. The number of hydrogen-bond donors (Lipinski definition) is 3. The van der Waals surface area contributed by atoms with Crippen molar-refractivity contribution >= 4 is 17.1 Å². The van der Waals surface area contributed by atoms with Crippen molar-refractivity contribution in [3.05, 3.63) is 20.8 Å². The SMILES string of the molecule is CC(C)n1c(NCCCO)nc2c1c(=O)[nH]c(=O)n2C. The summed E-state index contributed by atoms with van der Waals surface area (Å²) in [7, 11) is 1.57. The van der Waals surface area contributed by atoms with Crippen LogP contribution in [0.5, 0.6) is 0 Å². The Morgan fingerprint density at radius 3 is 2.70 bits per heavy atom. The molecule has 8 nitrogen and oxygen atoms in total. The van der Waals surface area contributed by atoms with E-state index >= 15 is 0 Å². The first kappa shape index (κ1) is 14.3. The zero-order valence-electron chi connectivity index (χ0n) is 11.8. The van der Waals surface area contributed by atoms with Crippen molar-refractivity contribution in [1.82, 2.24) is 19.1 Å². The summed E-state index contributed by atoms with van der Waals surface area (Å²) in [6.45, 7) is 4.48. The predicted octanol–water partition coefficient (Wildman–Crippen LogP) is -0.202. The Balaban J connectivity index is 2.67. The van der Waals surface area contributed by atoms with Gasteiger partial charge in [0.1, 0.15) is 0 Å². The first-order valence-electron chi connectivity index (χ1n) is 6.53. The molecule has 0 saturated carbocycles. The van der Waals surface area contributed by atoms with E-state index in [2.05, 4.69) is 15.3 Å². The molecule has 20 heavy (non-hydrogen) atoms. The molecule has 0 amide bonds. The number of aliphatic hydroxyl groups excluding tert-OH is 1. The second-order valence-electron chi connectivity index (χ2n) is 4.89. The molecule has 2 aromatic heterocycles. The number of anilines is 1. The van der Waals surface area contributed by atoms with Crippen LogP contribution in [-0.2, 0) is 7.05 Å². The van der Waals surface area contributed by atoms with Crippen LogP contribution in [0.3, 0.4) is 0 Å². The molecule has 0 saturated heterocycles. The van der Waals surface area contributed by atoms with E-state index in [1.807, 2.05) is 13.8 Å². The number of hydrogen-bond acceptors (Lipinski definition) is 5. The molecule has 8 heteroatoms. The molecule has 0 spiro atoms. The lowest BCUT2D eigenvalue weighted by Crippen LogP contribution is -2.29. The van der Waals surface area contributed by atoms with Crippen LogP contribution in [-0.4, -0.2) is 37.4 Å². The Morgan fingerprint density at radius 1 is 1.40 bits per heavy atom. The van der Waals surface area contributed by atoms with Gasteiger partial charge in [0, 0.05) is 26.2 Å². The van der Waals surface area contributed by atoms with E-state index in [-0.39, 0.29) is 12.6 Å². The van der Waals surface area contributed by atoms with Crippen molar-refractivity contribution in [3.63, 3.8) is 0 Å². The van der Waals surface area contributed by atoms with Gasteiger partial charge in [-0.2, -0.15) is 4.98 Å². The summed E-state index contributed by atoms with van der Waals surface area (Å²) >= 11 is 0. The number of H-pyrrole nitrogens is 1. The largest absolute Gasteiger partial charge is 0.396 e.